The number of fused-ring (bicyclic) bond motifs is 1. The maximum Gasteiger partial charge on any atom is 0.340 e. The number of hydrogen-bond acceptors (Lipinski definition) is 6. The number of hydrogen-bond donors (Lipinski definition) is 0. The van der Waals surface area contributed by atoms with Gasteiger partial charge in [-0.3, -0.25) is 4.79 Å². The van der Waals surface area contributed by atoms with Crippen molar-refractivity contribution in [2.24, 2.45) is 0 Å². The minimum absolute atomic E-state index is 0.0778. The molecule has 0 amide bonds. The van der Waals surface area contributed by atoms with Crippen LogP contribution in [0.3, 0.4) is 0 Å². The molecule has 32 heavy (non-hydrogen) atoms. The fraction of sp³-hybridized carbons (Fsp3) is 0.154. The third-order valence-electron chi connectivity index (χ3n) is 5.31. The highest BCUT2D eigenvalue weighted by Crippen LogP contribution is 2.27. The number of ether oxygens (including phenoxy) is 3. The lowest BCUT2D eigenvalue weighted by molar-refractivity contribution is -0.144. The second kappa shape index (κ2) is 8.69. The van der Waals surface area contributed by atoms with Crippen LogP contribution in [0.4, 0.5) is 0 Å². The Balaban J connectivity index is 1.34. The molecule has 6 nitrogen and oxygen atoms in total. The number of esters is 1. The molecule has 0 unspecified atom stereocenters. The standard InChI is InChI=1S/C26H20O6/c27-25-21-13-12-20(32-26(28)22-7-4-14-29-22)15-23(21)30-16-24(25)31-19-10-8-18(9-11-19)17-5-2-1-3-6-17/h1-3,5-6,8-13,15-16,22H,4,7,14H2/t22-/m1/s1. The van der Waals surface area contributed by atoms with Gasteiger partial charge in [0.25, 0.3) is 0 Å². The van der Waals surface area contributed by atoms with Gasteiger partial charge in [-0.05, 0) is 48.2 Å². The summed E-state index contributed by atoms with van der Waals surface area (Å²) in [6.45, 7) is 0.560. The summed E-state index contributed by atoms with van der Waals surface area (Å²) in [5.74, 6) is 0.460. The third kappa shape index (κ3) is 4.13. The lowest BCUT2D eigenvalue weighted by Gasteiger charge is -2.10. The van der Waals surface area contributed by atoms with E-state index in [1.54, 1.807) is 24.3 Å². The number of carbonyl (C=O) groups excluding carboxylic acids is 1. The normalized spacial score (nSPS) is 15.6. The first kappa shape index (κ1) is 20.0. The largest absolute Gasteiger partial charge is 0.460 e. The van der Waals surface area contributed by atoms with Crippen LogP contribution in [-0.4, -0.2) is 18.7 Å². The minimum Gasteiger partial charge on any atom is -0.460 e. The molecule has 0 saturated carbocycles. The van der Waals surface area contributed by atoms with E-state index in [9.17, 15) is 9.59 Å². The Hall–Kier alpha value is -3.90. The van der Waals surface area contributed by atoms with Crippen LogP contribution in [0, 0.1) is 0 Å². The summed E-state index contributed by atoms with van der Waals surface area (Å²) < 4.78 is 22.0. The van der Waals surface area contributed by atoms with E-state index in [-0.39, 0.29) is 11.2 Å². The molecule has 1 saturated heterocycles. The zero-order valence-electron chi connectivity index (χ0n) is 17.2. The summed E-state index contributed by atoms with van der Waals surface area (Å²) in [4.78, 5) is 25.0. The Morgan fingerprint density at radius 2 is 1.66 bits per heavy atom. The number of benzene rings is 3. The molecule has 1 fully saturated rings. The molecule has 1 aliphatic heterocycles. The Morgan fingerprint density at radius 3 is 2.41 bits per heavy atom. The molecule has 0 bridgehead atoms. The van der Waals surface area contributed by atoms with Crippen molar-refractivity contribution in [1.82, 2.24) is 0 Å². The highest BCUT2D eigenvalue weighted by atomic mass is 16.6. The Morgan fingerprint density at radius 1 is 0.906 bits per heavy atom. The summed E-state index contributed by atoms with van der Waals surface area (Å²) >= 11 is 0. The lowest BCUT2D eigenvalue weighted by Crippen LogP contribution is -2.24. The van der Waals surface area contributed by atoms with Crippen LogP contribution in [0.15, 0.2) is 88.3 Å². The fourth-order valence-electron chi connectivity index (χ4n) is 3.64. The summed E-state index contributed by atoms with van der Waals surface area (Å²) in [5, 5.41) is 0.334. The van der Waals surface area contributed by atoms with Gasteiger partial charge in [-0.2, -0.15) is 0 Å². The highest BCUT2D eigenvalue weighted by Gasteiger charge is 2.25. The molecule has 0 spiro atoms. The SMILES string of the molecule is O=C(Oc1ccc2c(=O)c(Oc3ccc(-c4ccccc4)cc3)coc2c1)[C@H]1CCCO1. The summed E-state index contributed by atoms with van der Waals surface area (Å²) in [6, 6.07) is 22.1. The van der Waals surface area contributed by atoms with Crippen molar-refractivity contribution in [2.45, 2.75) is 18.9 Å². The molecule has 0 aliphatic carbocycles. The predicted molar refractivity (Wildman–Crippen MR) is 119 cm³/mol. The van der Waals surface area contributed by atoms with E-state index < -0.39 is 12.1 Å². The van der Waals surface area contributed by atoms with Gasteiger partial charge in [0, 0.05) is 12.7 Å². The summed E-state index contributed by atoms with van der Waals surface area (Å²) in [6.07, 6.45) is 2.21. The predicted octanol–water partition coefficient (Wildman–Crippen LogP) is 5.34. The van der Waals surface area contributed by atoms with Crippen LogP contribution < -0.4 is 14.9 Å². The minimum atomic E-state index is -0.540. The molecule has 160 valence electrons. The monoisotopic (exact) mass is 428 g/mol. The second-order valence-corrected chi connectivity index (χ2v) is 7.50. The number of carbonyl (C=O) groups is 1. The first-order chi connectivity index (χ1) is 15.7. The zero-order chi connectivity index (χ0) is 21.9. The van der Waals surface area contributed by atoms with E-state index in [2.05, 4.69) is 0 Å². The van der Waals surface area contributed by atoms with Crippen LogP contribution >= 0.6 is 0 Å². The van der Waals surface area contributed by atoms with Gasteiger partial charge in [-0.1, -0.05) is 42.5 Å². The van der Waals surface area contributed by atoms with Gasteiger partial charge >= 0.3 is 5.97 Å². The van der Waals surface area contributed by atoms with E-state index in [1.807, 2.05) is 42.5 Å². The van der Waals surface area contributed by atoms with Crippen LogP contribution in [-0.2, 0) is 9.53 Å². The van der Waals surface area contributed by atoms with Gasteiger partial charge < -0.3 is 18.6 Å². The molecule has 3 aromatic carbocycles. The average molecular weight is 428 g/mol. The molecular formula is C26H20O6. The molecule has 1 aromatic heterocycles. The van der Waals surface area contributed by atoms with Crippen molar-refractivity contribution in [1.29, 1.82) is 0 Å². The van der Waals surface area contributed by atoms with Gasteiger partial charge in [-0.15, -0.1) is 0 Å². The molecule has 0 N–H and O–H groups in total. The van der Waals surface area contributed by atoms with Crippen molar-refractivity contribution in [3.8, 4) is 28.4 Å². The maximum atomic E-state index is 12.9. The van der Waals surface area contributed by atoms with Crippen molar-refractivity contribution in [2.75, 3.05) is 6.61 Å². The van der Waals surface area contributed by atoms with E-state index >= 15 is 0 Å². The lowest BCUT2D eigenvalue weighted by atomic mass is 10.1. The van der Waals surface area contributed by atoms with Gasteiger partial charge in [-0.25, -0.2) is 4.79 Å². The van der Waals surface area contributed by atoms with Gasteiger partial charge in [0.1, 0.15) is 23.3 Å². The molecule has 5 rings (SSSR count). The summed E-state index contributed by atoms with van der Waals surface area (Å²) in [7, 11) is 0. The van der Waals surface area contributed by atoms with E-state index in [1.165, 1.54) is 12.3 Å². The second-order valence-electron chi connectivity index (χ2n) is 7.50. The Labute approximate surface area is 184 Å². The molecule has 6 heteroatoms. The highest BCUT2D eigenvalue weighted by molar-refractivity contribution is 5.82. The molecule has 1 aliphatic rings. The molecule has 1 atom stereocenters. The first-order valence-corrected chi connectivity index (χ1v) is 10.4. The quantitative estimate of drug-likeness (QED) is 0.316. The van der Waals surface area contributed by atoms with Gasteiger partial charge in [0.15, 0.2) is 6.10 Å². The summed E-state index contributed by atoms with van der Waals surface area (Å²) in [5.41, 5.74) is 2.14. The molecule has 4 aromatic rings. The molecular weight excluding hydrogens is 408 g/mol. The van der Waals surface area contributed by atoms with E-state index in [4.69, 9.17) is 18.6 Å². The first-order valence-electron chi connectivity index (χ1n) is 10.4. The van der Waals surface area contributed by atoms with E-state index in [0.717, 1.165) is 17.5 Å². The van der Waals surface area contributed by atoms with Crippen molar-refractivity contribution in [3.05, 3.63) is 89.3 Å². The zero-order valence-corrected chi connectivity index (χ0v) is 17.2. The van der Waals surface area contributed by atoms with Crippen molar-refractivity contribution in [3.63, 3.8) is 0 Å². The van der Waals surface area contributed by atoms with Crippen molar-refractivity contribution >= 4 is 16.9 Å². The van der Waals surface area contributed by atoms with Gasteiger partial charge in [0.2, 0.25) is 11.2 Å². The average Bonchev–Trinajstić information content (AvgIpc) is 3.37. The van der Waals surface area contributed by atoms with Crippen LogP contribution in [0.5, 0.6) is 17.2 Å². The van der Waals surface area contributed by atoms with Crippen LogP contribution in [0.2, 0.25) is 0 Å². The van der Waals surface area contributed by atoms with Gasteiger partial charge in [0.05, 0.1) is 5.39 Å². The Bertz CT molecular complexity index is 1300. The molecule has 0 radical (unpaired) electrons. The maximum absolute atomic E-state index is 12.9. The molecule has 2 heterocycles. The smallest absolute Gasteiger partial charge is 0.340 e. The Kier molecular flexibility index (Phi) is 5.44. The van der Waals surface area contributed by atoms with Crippen LogP contribution in [0.25, 0.3) is 22.1 Å². The fourth-order valence-corrected chi connectivity index (χ4v) is 3.64. The third-order valence-corrected chi connectivity index (χ3v) is 5.31. The van der Waals surface area contributed by atoms with Crippen LogP contribution in [0.1, 0.15) is 12.8 Å². The van der Waals surface area contributed by atoms with E-state index in [0.29, 0.717) is 35.5 Å². The number of rotatable bonds is 5. The topological polar surface area (TPSA) is 75.0 Å². The van der Waals surface area contributed by atoms with Crippen molar-refractivity contribution < 1.29 is 23.4 Å².